The summed E-state index contributed by atoms with van der Waals surface area (Å²) in [6.45, 7) is 3.46. The van der Waals surface area contributed by atoms with E-state index >= 15 is 0 Å². The van der Waals surface area contributed by atoms with Crippen LogP contribution >= 0.6 is 0 Å². The summed E-state index contributed by atoms with van der Waals surface area (Å²) in [6.07, 6.45) is 53.6. The number of carbonyl (C=O) groups excluding carboxylic acids is 3. The Labute approximate surface area is 367 Å². The molecule has 2 amide bonds. The van der Waals surface area contributed by atoms with Crippen LogP contribution in [0.5, 0.6) is 0 Å². The normalized spacial score (nSPS) is 12.7. The number of unbranched alkanes of at least 4 members (excludes halogenated alkanes) is 27. The van der Waals surface area contributed by atoms with Crippen LogP contribution in [0.4, 0.5) is 0 Å². The zero-order valence-corrected chi connectivity index (χ0v) is 38.7. The summed E-state index contributed by atoms with van der Waals surface area (Å²) in [4.78, 5) is 47.5. The van der Waals surface area contributed by atoms with Gasteiger partial charge in [-0.05, 0) is 76.7 Å². The Hall–Kier alpha value is -2.94. The van der Waals surface area contributed by atoms with Crippen LogP contribution in [-0.4, -0.2) is 59.3 Å². The number of esters is 1. The Balaban J connectivity index is 4.09. The van der Waals surface area contributed by atoms with Crippen LogP contribution in [-0.2, 0) is 23.9 Å². The van der Waals surface area contributed by atoms with Gasteiger partial charge < -0.3 is 25.6 Å². The van der Waals surface area contributed by atoms with Gasteiger partial charge in [0.15, 0.2) is 0 Å². The van der Waals surface area contributed by atoms with Crippen LogP contribution in [0.15, 0.2) is 36.5 Å². The van der Waals surface area contributed by atoms with Gasteiger partial charge in [-0.25, -0.2) is 4.79 Å². The van der Waals surface area contributed by atoms with Crippen LogP contribution in [0.1, 0.15) is 239 Å². The lowest BCUT2D eigenvalue weighted by Crippen LogP contribution is -2.47. The van der Waals surface area contributed by atoms with Gasteiger partial charge in [0.05, 0.1) is 13.2 Å². The average molecular weight is 845 g/mol. The van der Waals surface area contributed by atoms with Gasteiger partial charge in [0, 0.05) is 12.8 Å². The summed E-state index contributed by atoms with van der Waals surface area (Å²) < 4.78 is 5.94. The van der Waals surface area contributed by atoms with Crippen molar-refractivity contribution in [2.24, 2.45) is 0 Å². The van der Waals surface area contributed by atoms with E-state index in [1.807, 2.05) is 0 Å². The van der Waals surface area contributed by atoms with E-state index in [0.29, 0.717) is 19.3 Å². The minimum absolute atomic E-state index is 0.0930. The number of hydrogen-bond acceptors (Lipinski definition) is 6. The Morgan fingerprint density at radius 3 is 1.47 bits per heavy atom. The second kappa shape index (κ2) is 45.6. The number of aliphatic hydroxyl groups is 1. The molecule has 2 atom stereocenters. The van der Waals surface area contributed by atoms with Crippen molar-refractivity contribution in [3.05, 3.63) is 36.5 Å². The molecule has 0 saturated carbocycles. The molecule has 9 nitrogen and oxygen atoms in total. The van der Waals surface area contributed by atoms with Gasteiger partial charge >= 0.3 is 11.9 Å². The summed E-state index contributed by atoms with van der Waals surface area (Å²) >= 11 is 0. The second-order valence-electron chi connectivity index (χ2n) is 16.9. The minimum Gasteiger partial charge on any atom is -0.480 e. The predicted octanol–water partition coefficient (Wildman–Crippen LogP) is 12.9. The van der Waals surface area contributed by atoms with Crippen LogP contribution < -0.4 is 10.6 Å². The fraction of sp³-hybridized carbons (Fsp3) is 0.804. The molecule has 0 heterocycles. The standard InChI is InChI=1S/C51H92N2O7/c1-3-5-7-9-11-13-14-15-16-17-18-19-20-21-22-23-24-25-26-27-29-35-39-43-50(57)60-46(40-36-32-28-12-10-8-6-4-2)41-37-33-30-31-34-38-42-48(55)52-44-49(56)53-47(45-54)51(58)59/h12,17-18,28,36,40,46-47,54H,3-11,13-16,19-27,29-35,37-39,41-45H2,1-2H3,(H,52,55)(H,53,56)(H,58,59)/b18-17-,28-12-,40-36-. The van der Waals surface area contributed by atoms with Crippen LogP contribution in [0.2, 0.25) is 0 Å². The smallest absolute Gasteiger partial charge is 0.328 e. The molecule has 0 radical (unpaired) electrons. The summed E-state index contributed by atoms with van der Waals surface area (Å²) in [5.41, 5.74) is 0. The third kappa shape index (κ3) is 41.8. The molecule has 0 aromatic heterocycles. The highest BCUT2D eigenvalue weighted by atomic mass is 16.5. The topological polar surface area (TPSA) is 142 Å². The maximum absolute atomic E-state index is 12.8. The quantitative estimate of drug-likeness (QED) is 0.0272. The second-order valence-corrected chi connectivity index (χ2v) is 16.9. The van der Waals surface area contributed by atoms with Gasteiger partial charge in [-0.15, -0.1) is 0 Å². The lowest BCUT2D eigenvalue weighted by Gasteiger charge is -2.15. The summed E-state index contributed by atoms with van der Waals surface area (Å²) in [6, 6.07) is -1.38. The average Bonchev–Trinajstić information content (AvgIpc) is 3.23. The molecule has 0 aromatic rings. The molecule has 0 spiro atoms. The highest BCUT2D eigenvalue weighted by molar-refractivity contribution is 5.87. The summed E-state index contributed by atoms with van der Waals surface area (Å²) in [7, 11) is 0. The molecule has 0 saturated heterocycles. The highest BCUT2D eigenvalue weighted by Gasteiger charge is 2.18. The van der Waals surface area contributed by atoms with E-state index in [1.54, 1.807) is 0 Å². The van der Waals surface area contributed by atoms with Crippen molar-refractivity contribution in [1.29, 1.82) is 0 Å². The molecule has 9 heteroatoms. The van der Waals surface area contributed by atoms with E-state index in [9.17, 15) is 19.2 Å². The Morgan fingerprint density at radius 1 is 0.517 bits per heavy atom. The minimum atomic E-state index is -1.38. The van der Waals surface area contributed by atoms with E-state index < -0.39 is 24.5 Å². The summed E-state index contributed by atoms with van der Waals surface area (Å²) in [5, 5.41) is 22.5. The first-order valence-corrected chi connectivity index (χ1v) is 24.9. The first kappa shape index (κ1) is 57.1. The number of carboxylic acids is 1. The van der Waals surface area contributed by atoms with E-state index in [-0.39, 0.29) is 24.5 Å². The number of aliphatic hydroxyl groups excluding tert-OH is 1. The number of hydrogen-bond donors (Lipinski definition) is 4. The van der Waals surface area contributed by atoms with Crippen molar-refractivity contribution in [1.82, 2.24) is 10.6 Å². The fourth-order valence-corrected chi connectivity index (χ4v) is 7.25. The molecule has 0 bridgehead atoms. The number of rotatable bonds is 45. The fourth-order valence-electron chi connectivity index (χ4n) is 7.25. The molecule has 348 valence electrons. The summed E-state index contributed by atoms with van der Waals surface area (Å²) in [5.74, 6) is -2.34. The molecule has 0 aliphatic carbocycles. The lowest BCUT2D eigenvalue weighted by atomic mass is 10.0. The molecule has 0 aliphatic rings. The molecular weight excluding hydrogens is 753 g/mol. The third-order valence-electron chi connectivity index (χ3n) is 11.1. The van der Waals surface area contributed by atoms with E-state index in [0.717, 1.165) is 64.2 Å². The number of ether oxygens (including phenoxy) is 1. The van der Waals surface area contributed by atoms with Gasteiger partial charge in [0.25, 0.3) is 0 Å². The van der Waals surface area contributed by atoms with E-state index in [2.05, 4.69) is 60.9 Å². The predicted molar refractivity (Wildman–Crippen MR) is 250 cm³/mol. The zero-order chi connectivity index (χ0) is 44.0. The van der Waals surface area contributed by atoms with Crippen LogP contribution in [0.3, 0.4) is 0 Å². The van der Waals surface area contributed by atoms with Crippen LogP contribution in [0, 0.1) is 0 Å². The Kier molecular flexibility index (Phi) is 43.4. The lowest BCUT2D eigenvalue weighted by molar-refractivity contribution is -0.147. The first-order valence-electron chi connectivity index (χ1n) is 24.9. The molecule has 60 heavy (non-hydrogen) atoms. The van der Waals surface area contributed by atoms with E-state index in [1.165, 1.54) is 141 Å². The Bertz CT molecular complexity index is 1110. The molecule has 4 N–H and O–H groups in total. The van der Waals surface area contributed by atoms with Crippen molar-refractivity contribution in [2.75, 3.05) is 13.2 Å². The third-order valence-corrected chi connectivity index (χ3v) is 11.1. The number of carboxylic acid groups (broad SMARTS) is 1. The van der Waals surface area contributed by atoms with Crippen molar-refractivity contribution in [3.8, 4) is 0 Å². The monoisotopic (exact) mass is 845 g/mol. The molecule has 2 unspecified atom stereocenters. The number of nitrogens with one attached hydrogen (secondary N) is 2. The van der Waals surface area contributed by atoms with Gasteiger partial charge in [-0.3, -0.25) is 14.4 Å². The number of aliphatic carboxylic acids is 1. The molecule has 0 aromatic carbocycles. The van der Waals surface area contributed by atoms with Crippen molar-refractivity contribution in [3.63, 3.8) is 0 Å². The first-order chi connectivity index (χ1) is 29.3. The van der Waals surface area contributed by atoms with Crippen LogP contribution in [0.25, 0.3) is 0 Å². The maximum atomic E-state index is 12.8. The number of allylic oxidation sites excluding steroid dienone is 5. The number of amides is 2. The molecule has 0 fully saturated rings. The van der Waals surface area contributed by atoms with Gasteiger partial charge in [0.2, 0.25) is 11.8 Å². The molecular formula is C51H92N2O7. The van der Waals surface area contributed by atoms with E-state index in [4.69, 9.17) is 14.9 Å². The highest BCUT2D eigenvalue weighted by Crippen LogP contribution is 2.16. The van der Waals surface area contributed by atoms with Gasteiger partial charge in [-0.2, -0.15) is 0 Å². The Morgan fingerprint density at radius 2 is 0.950 bits per heavy atom. The van der Waals surface area contributed by atoms with Gasteiger partial charge in [0.1, 0.15) is 12.1 Å². The largest absolute Gasteiger partial charge is 0.480 e. The van der Waals surface area contributed by atoms with Crippen molar-refractivity contribution < 1.29 is 34.1 Å². The van der Waals surface area contributed by atoms with Crippen molar-refractivity contribution in [2.45, 2.75) is 251 Å². The maximum Gasteiger partial charge on any atom is 0.328 e. The molecule has 0 rings (SSSR count). The number of carbonyl (C=O) groups is 4. The van der Waals surface area contributed by atoms with Gasteiger partial charge in [-0.1, -0.05) is 185 Å². The SMILES string of the molecule is CCCCC/C=C\C/C=C\C(CCCCCCCCC(=O)NCC(=O)NC(CO)C(=O)O)OC(=O)CCCCCCCCCCCCC/C=C\CCCCCCCCCC. The van der Waals surface area contributed by atoms with Crippen molar-refractivity contribution >= 4 is 23.8 Å². The molecule has 0 aliphatic heterocycles. The zero-order valence-electron chi connectivity index (χ0n) is 38.7.